The van der Waals surface area contributed by atoms with Crippen molar-refractivity contribution in [2.75, 3.05) is 18.2 Å². The molecule has 0 aromatic heterocycles. The van der Waals surface area contributed by atoms with Crippen LogP contribution in [0.3, 0.4) is 0 Å². The van der Waals surface area contributed by atoms with Gasteiger partial charge < -0.3 is 15.5 Å². The quantitative estimate of drug-likeness (QED) is 0.813. The van der Waals surface area contributed by atoms with E-state index in [4.69, 9.17) is 11.6 Å². The van der Waals surface area contributed by atoms with E-state index >= 15 is 0 Å². The molecular formula is C17H23Cl2N3O2S. The molecule has 1 aromatic carbocycles. The normalized spacial score (nSPS) is 26.0. The van der Waals surface area contributed by atoms with Gasteiger partial charge in [0.05, 0.1) is 5.88 Å². The van der Waals surface area contributed by atoms with Crippen LogP contribution < -0.4 is 10.6 Å². The molecule has 2 N–H and O–H groups in total. The van der Waals surface area contributed by atoms with Crippen LogP contribution in [-0.2, 0) is 4.79 Å². The van der Waals surface area contributed by atoms with Gasteiger partial charge in [-0.25, -0.2) is 0 Å². The molecule has 8 heteroatoms. The summed E-state index contributed by atoms with van der Waals surface area (Å²) in [4.78, 5) is 27.0. The smallest absolute Gasteiger partial charge is 0.255 e. The average molecular weight is 404 g/mol. The van der Waals surface area contributed by atoms with Gasteiger partial charge in [-0.1, -0.05) is 11.6 Å². The molecule has 3 unspecified atom stereocenters. The van der Waals surface area contributed by atoms with Crippen molar-refractivity contribution in [1.29, 1.82) is 0 Å². The first kappa shape index (κ1) is 20.4. The summed E-state index contributed by atoms with van der Waals surface area (Å²) in [6, 6.07) is 7.00. The first-order valence-corrected chi connectivity index (χ1v) is 9.76. The van der Waals surface area contributed by atoms with Gasteiger partial charge in [0, 0.05) is 28.4 Å². The van der Waals surface area contributed by atoms with Crippen LogP contribution in [0.1, 0.15) is 30.1 Å². The minimum absolute atomic E-state index is 0. The predicted molar refractivity (Wildman–Crippen MR) is 105 cm³/mol. The monoisotopic (exact) mass is 403 g/mol. The van der Waals surface area contributed by atoms with Crippen LogP contribution in [-0.4, -0.2) is 53.0 Å². The molecule has 0 bridgehead atoms. The van der Waals surface area contributed by atoms with E-state index < -0.39 is 6.04 Å². The molecule has 2 amide bonds. The van der Waals surface area contributed by atoms with E-state index in [0.29, 0.717) is 28.3 Å². The Bertz CT molecular complexity index is 614. The highest BCUT2D eigenvalue weighted by atomic mass is 35.5. The Kier molecular flexibility index (Phi) is 7.43. The van der Waals surface area contributed by atoms with Crippen LogP contribution >= 0.6 is 35.8 Å². The van der Waals surface area contributed by atoms with Crippen molar-refractivity contribution in [3.63, 3.8) is 0 Å². The Hall–Kier alpha value is -0.950. The summed E-state index contributed by atoms with van der Waals surface area (Å²) < 4.78 is 0. The first-order valence-electron chi connectivity index (χ1n) is 8.22. The number of hydrogen-bond donors (Lipinski definition) is 2. The highest BCUT2D eigenvalue weighted by Crippen LogP contribution is 2.24. The summed E-state index contributed by atoms with van der Waals surface area (Å²) in [6.45, 7) is 3.04. The summed E-state index contributed by atoms with van der Waals surface area (Å²) in [5, 5.41) is 7.10. The molecule has 2 saturated heterocycles. The Balaban J connectivity index is 0.00000225. The van der Waals surface area contributed by atoms with E-state index in [0.717, 1.165) is 19.4 Å². The van der Waals surface area contributed by atoms with Crippen molar-refractivity contribution in [2.45, 2.75) is 37.9 Å². The summed E-state index contributed by atoms with van der Waals surface area (Å²) >= 11 is 7.49. The minimum Gasteiger partial charge on any atom is -0.351 e. The van der Waals surface area contributed by atoms with Gasteiger partial charge in [0.25, 0.3) is 5.91 Å². The largest absolute Gasteiger partial charge is 0.351 e. The molecule has 0 saturated carbocycles. The summed E-state index contributed by atoms with van der Waals surface area (Å²) in [7, 11) is 0. The maximum atomic E-state index is 12.7. The molecule has 25 heavy (non-hydrogen) atoms. The lowest BCUT2D eigenvalue weighted by molar-refractivity contribution is -0.125. The van der Waals surface area contributed by atoms with E-state index in [9.17, 15) is 9.59 Å². The van der Waals surface area contributed by atoms with Crippen molar-refractivity contribution in [2.24, 2.45) is 0 Å². The number of thioether (sulfide) groups is 1. The van der Waals surface area contributed by atoms with Gasteiger partial charge in [-0.05, 0) is 50.6 Å². The number of piperidine rings is 1. The van der Waals surface area contributed by atoms with Gasteiger partial charge in [0.15, 0.2) is 0 Å². The van der Waals surface area contributed by atoms with Crippen molar-refractivity contribution in [3.05, 3.63) is 34.9 Å². The molecule has 0 spiro atoms. The van der Waals surface area contributed by atoms with Crippen molar-refractivity contribution >= 4 is 47.6 Å². The topological polar surface area (TPSA) is 61.4 Å². The zero-order valence-corrected chi connectivity index (χ0v) is 16.4. The third kappa shape index (κ3) is 5.03. The highest BCUT2D eigenvalue weighted by molar-refractivity contribution is 7.99. The molecule has 2 aliphatic rings. The molecule has 138 valence electrons. The maximum absolute atomic E-state index is 12.7. The van der Waals surface area contributed by atoms with E-state index in [-0.39, 0.29) is 30.3 Å². The predicted octanol–water partition coefficient (Wildman–Crippen LogP) is 2.53. The lowest BCUT2D eigenvalue weighted by Gasteiger charge is -2.31. The number of nitrogens with zero attached hydrogens (tertiary/aromatic N) is 1. The fourth-order valence-corrected chi connectivity index (χ4v) is 4.46. The summed E-state index contributed by atoms with van der Waals surface area (Å²) in [6.07, 6.45) is 1.86. The molecule has 3 atom stereocenters. The molecule has 0 aliphatic carbocycles. The van der Waals surface area contributed by atoms with E-state index in [1.165, 1.54) is 0 Å². The van der Waals surface area contributed by atoms with Crippen molar-refractivity contribution in [1.82, 2.24) is 15.5 Å². The molecule has 2 fully saturated rings. The number of benzene rings is 1. The molecule has 0 radical (unpaired) electrons. The first-order chi connectivity index (χ1) is 11.5. The van der Waals surface area contributed by atoms with Crippen LogP contribution in [0.2, 0.25) is 5.02 Å². The van der Waals surface area contributed by atoms with Crippen molar-refractivity contribution < 1.29 is 9.59 Å². The molecular weight excluding hydrogens is 381 g/mol. The molecule has 5 nitrogen and oxygen atoms in total. The summed E-state index contributed by atoms with van der Waals surface area (Å²) in [5.74, 6) is 1.03. The van der Waals surface area contributed by atoms with Gasteiger partial charge in [-0.3, -0.25) is 9.59 Å². The standard InChI is InChI=1S/C17H22ClN3O2S.ClH/c1-11-8-14(6-7-19-11)20-16(22)15-9-24-10-21(15)17(23)12-2-4-13(18)5-3-12;/h2-5,11,14-15,19H,6-10H2,1H3,(H,20,22);1H. The highest BCUT2D eigenvalue weighted by Gasteiger charge is 2.36. The lowest BCUT2D eigenvalue weighted by Crippen LogP contribution is -2.53. The van der Waals surface area contributed by atoms with Gasteiger partial charge >= 0.3 is 0 Å². The van der Waals surface area contributed by atoms with E-state index in [2.05, 4.69) is 17.6 Å². The van der Waals surface area contributed by atoms with Crippen molar-refractivity contribution in [3.8, 4) is 0 Å². The number of rotatable bonds is 3. The number of nitrogens with one attached hydrogen (secondary N) is 2. The summed E-state index contributed by atoms with van der Waals surface area (Å²) in [5.41, 5.74) is 0.565. The van der Waals surface area contributed by atoms with Crippen LogP contribution in [0.5, 0.6) is 0 Å². The number of carbonyl (C=O) groups is 2. The Morgan fingerprint density at radius 3 is 2.72 bits per heavy atom. The second-order valence-corrected chi connectivity index (χ2v) is 7.82. The van der Waals surface area contributed by atoms with Crippen LogP contribution in [0.4, 0.5) is 0 Å². The molecule has 2 aliphatic heterocycles. The van der Waals surface area contributed by atoms with Gasteiger partial charge in [0.1, 0.15) is 6.04 Å². The number of hydrogen-bond acceptors (Lipinski definition) is 4. The van der Waals surface area contributed by atoms with E-state index in [1.54, 1.807) is 40.9 Å². The zero-order valence-electron chi connectivity index (χ0n) is 14.0. The number of amides is 2. The minimum atomic E-state index is -0.400. The third-order valence-electron chi connectivity index (χ3n) is 4.51. The van der Waals surface area contributed by atoms with Crippen LogP contribution in [0, 0.1) is 0 Å². The average Bonchev–Trinajstić information content (AvgIpc) is 3.04. The van der Waals surface area contributed by atoms with Crippen LogP contribution in [0.25, 0.3) is 0 Å². The molecule has 1 aromatic rings. The maximum Gasteiger partial charge on any atom is 0.255 e. The Labute approximate surface area is 163 Å². The second-order valence-electron chi connectivity index (χ2n) is 6.38. The Morgan fingerprint density at radius 2 is 2.04 bits per heavy atom. The molecule has 3 rings (SSSR count). The fraction of sp³-hybridized carbons (Fsp3) is 0.529. The van der Waals surface area contributed by atoms with Gasteiger partial charge in [-0.2, -0.15) is 0 Å². The van der Waals surface area contributed by atoms with Gasteiger partial charge in [0.2, 0.25) is 5.91 Å². The van der Waals surface area contributed by atoms with Gasteiger partial charge in [-0.15, -0.1) is 24.2 Å². The number of halogens is 2. The van der Waals surface area contributed by atoms with Crippen LogP contribution in [0.15, 0.2) is 24.3 Å². The fourth-order valence-electron chi connectivity index (χ4n) is 3.18. The lowest BCUT2D eigenvalue weighted by atomic mass is 10.0. The third-order valence-corrected chi connectivity index (χ3v) is 5.77. The SMILES string of the molecule is CC1CC(NC(=O)C2CSCN2C(=O)c2ccc(Cl)cc2)CCN1.Cl. The Morgan fingerprint density at radius 1 is 1.32 bits per heavy atom. The number of carbonyl (C=O) groups excluding carboxylic acids is 2. The molecule has 2 heterocycles. The second kappa shape index (κ2) is 9.12. The van der Waals surface area contributed by atoms with E-state index in [1.807, 2.05) is 0 Å². The zero-order chi connectivity index (χ0) is 17.1.